The van der Waals surface area contributed by atoms with E-state index in [4.69, 9.17) is 35.7 Å². The summed E-state index contributed by atoms with van der Waals surface area (Å²) in [5, 5.41) is 45.7. The number of aromatic hydroxyl groups is 1. The van der Waals surface area contributed by atoms with Crippen LogP contribution in [0.2, 0.25) is 0 Å². The van der Waals surface area contributed by atoms with Crippen molar-refractivity contribution < 1.29 is 82.0 Å². The molecule has 0 fully saturated rings. The number of rotatable bonds is 21. The molecule has 0 bridgehead atoms. The van der Waals surface area contributed by atoms with E-state index in [0.717, 1.165) is 82.9 Å². The number of nitrogens with one attached hydrogen (secondary N) is 4. The molecule has 0 saturated heterocycles. The summed E-state index contributed by atoms with van der Waals surface area (Å²) in [5.74, 6) is -1.57. The van der Waals surface area contributed by atoms with Crippen molar-refractivity contribution in [2.24, 2.45) is 0 Å². The number of phenolic OH excluding ortho intramolecular Hbond substituents is 1. The second-order valence-corrected chi connectivity index (χ2v) is 27.3. The summed E-state index contributed by atoms with van der Waals surface area (Å²) in [5.41, 5.74) is 9.21. The monoisotopic (exact) mass is 1710 g/mol. The van der Waals surface area contributed by atoms with Gasteiger partial charge in [-0.05, 0) is 250 Å². The minimum Gasteiger partial charge on any atom is -0.508 e. The van der Waals surface area contributed by atoms with Crippen molar-refractivity contribution >= 4 is 151 Å². The van der Waals surface area contributed by atoms with Gasteiger partial charge >= 0.3 is 35.5 Å². The van der Waals surface area contributed by atoms with E-state index in [2.05, 4.69) is 26.0 Å². The Morgan fingerprint density at radius 2 is 0.742 bits per heavy atom. The first-order chi connectivity index (χ1) is 59.2. The third-order valence-corrected chi connectivity index (χ3v) is 17.5. The third kappa shape index (κ3) is 28.3. The minimum atomic E-state index is -1.05. The number of benzene rings is 13. The average Bonchev–Trinajstić information content (AvgIpc) is 0.793. The fraction of sp³-hybridized carbons (Fsp3) is 0.103. The van der Waals surface area contributed by atoms with E-state index in [-0.39, 0.29) is 47.3 Å². The summed E-state index contributed by atoms with van der Waals surface area (Å²) in [6.45, 7) is 4.12. The molecule has 6 N–H and O–H groups in total. The number of hydrogen-bond donors (Lipinski definition) is 6. The zero-order valence-electron chi connectivity index (χ0n) is 68.5. The number of carbonyl (C=O) groups excluding carboxylic acids is 8. The van der Waals surface area contributed by atoms with Gasteiger partial charge in [-0.2, -0.15) is 0 Å². The zero-order valence-corrected chi connectivity index (χ0v) is 70.1. The SMILES string of the molecule is CCOC(=O)/C=C/c1cccc(NC(=O)c2cc(-c3cccc(O)c3)cc3ccccc23)c1.CCOC(=O)/C=C/c1cccc(NC(=O)c2cc(-c3cccc(OC(=O)N(C)C)c3)cc3ccccc23)c1.CN(C)C(=O)Oc1cccc(-c2cc(C(=O)Nc3cccc(/C=C/C(=O)O)c3)c3ccccc3c2)c1.CNC.Cl.O=C(Cl)Oc1ccc([N+](=O)[O-])cc1. The molecule has 0 atom stereocenters. The van der Waals surface area contributed by atoms with Crippen LogP contribution >= 0.6 is 24.0 Å². The fourth-order valence-electron chi connectivity index (χ4n) is 11.9. The smallest absolute Gasteiger partial charge is 0.414 e. The molecular formula is C97H87Cl2N7O18. The molecule has 13 aromatic rings. The number of nitro groups is 1. The maximum absolute atomic E-state index is 13.5. The van der Waals surface area contributed by atoms with Gasteiger partial charge in [0.2, 0.25) is 0 Å². The van der Waals surface area contributed by atoms with Crippen molar-refractivity contribution in [2.75, 3.05) is 71.5 Å². The number of fused-ring (bicyclic) bond motifs is 3. The molecule has 0 aliphatic heterocycles. The van der Waals surface area contributed by atoms with Crippen LogP contribution in [0.3, 0.4) is 0 Å². The molecule has 0 heterocycles. The van der Waals surface area contributed by atoms with Crippen LogP contribution in [-0.4, -0.2) is 134 Å². The summed E-state index contributed by atoms with van der Waals surface area (Å²) in [6, 6.07) is 82.0. The van der Waals surface area contributed by atoms with Crippen LogP contribution in [0.5, 0.6) is 23.0 Å². The number of nitro benzene ring substituents is 1. The minimum absolute atomic E-state index is 0. The highest BCUT2D eigenvalue weighted by molar-refractivity contribution is 6.61. The standard InChI is InChI=1S/C31H28N2O5.C29H24N2O5.C28H23NO4.C7H4ClNO4.C2H7N.ClH/c1-4-37-29(34)16-15-21-9-7-12-25(17-21)32-30(35)28-20-24(18-23-10-5-6-14-27(23)28)22-11-8-13-26(19-22)38-31(36)33(2)3;1-31(2)29(35)36-24-11-6-9-20(17-24)22-16-21-8-3-4-12-25(21)26(18-22)28(34)30-23-10-5-7-19(15-23)13-14-27(32)33;1-2-33-27(31)14-13-19-7-5-10-23(15-19)29-28(32)26-18-22(20-9-6-11-24(30)17-20)16-21-8-3-4-12-25(21)26;8-7(10)13-6-3-1-5(2-4-6)9(11)12;1-3-2;/h5-20H,4H2,1-3H3,(H,32,35);3-18H,1-2H3,(H,30,34)(H,32,33);3-18,30H,2H2,1H3,(H,29,32);1-4H;3H,1-2H3;1H/b16-15+;2*14-13+;;;. The molecule has 0 spiro atoms. The van der Waals surface area contributed by atoms with Gasteiger partial charge in [0.25, 0.3) is 23.4 Å². The molecule has 0 aliphatic carbocycles. The summed E-state index contributed by atoms with van der Waals surface area (Å²) in [6.07, 6.45) is 7.55. The Hall–Kier alpha value is -15.6. The Morgan fingerprint density at radius 3 is 1.07 bits per heavy atom. The number of aliphatic carboxylic acids is 1. The van der Waals surface area contributed by atoms with Crippen LogP contribution in [0, 0.1) is 10.1 Å². The fourth-order valence-corrected chi connectivity index (χ4v) is 12.0. The van der Waals surface area contributed by atoms with Gasteiger partial charge in [-0.3, -0.25) is 24.5 Å². The first-order valence-corrected chi connectivity index (χ1v) is 38.5. The molecule has 0 unspecified atom stereocenters. The number of ether oxygens (including phenoxy) is 5. The number of nitrogens with zero attached hydrogens (tertiary/aromatic N) is 3. The number of amides is 5. The Kier molecular flexibility index (Phi) is 35.4. The molecule has 0 radical (unpaired) electrons. The van der Waals surface area contributed by atoms with Crippen LogP contribution in [0.25, 0.3) is 83.9 Å². The maximum Gasteiger partial charge on any atom is 0.414 e. The number of phenols is 1. The first kappa shape index (κ1) is 93.9. The average molecular weight is 1710 g/mol. The quantitative estimate of drug-likeness (QED) is 0.0128. The zero-order chi connectivity index (χ0) is 88.5. The van der Waals surface area contributed by atoms with Crippen LogP contribution in [0.1, 0.15) is 61.6 Å². The molecule has 0 saturated carbocycles. The number of carboxylic acid groups (broad SMARTS) is 1. The van der Waals surface area contributed by atoms with Gasteiger partial charge in [-0.1, -0.05) is 146 Å². The van der Waals surface area contributed by atoms with Crippen molar-refractivity contribution in [3.05, 3.63) is 341 Å². The molecule has 13 aromatic carbocycles. The van der Waals surface area contributed by atoms with E-state index in [9.17, 15) is 58.4 Å². The van der Waals surface area contributed by atoms with Gasteiger partial charge in [-0.15, -0.1) is 12.4 Å². The topological polar surface area (TPSA) is 338 Å². The molecule has 632 valence electrons. The number of carboxylic acids is 1. The Labute approximate surface area is 726 Å². The van der Waals surface area contributed by atoms with E-state index in [1.807, 2.05) is 154 Å². The molecule has 124 heavy (non-hydrogen) atoms. The highest BCUT2D eigenvalue weighted by Gasteiger charge is 2.20. The van der Waals surface area contributed by atoms with Gasteiger partial charge in [0.1, 0.15) is 23.0 Å². The van der Waals surface area contributed by atoms with Gasteiger partial charge < -0.3 is 65.0 Å². The van der Waals surface area contributed by atoms with Crippen LogP contribution in [-0.2, 0) is 23.9 Å². The lowest BCUT2D eigenvalue weighted by atomic mass is 9.96. The summed E-state index contributed by atoms with van der Waals surface area (Å²) >= 11 is 4.92. The van der Waals surface area contributed by atoms with E-state index in [1.54, 1.807) is 169 Å². The van der Waals surface area contributed by atoms with Gasteiger partial charge in [-0.25, -0.2) is 28.8 Å². The number of carbonyl (C=O) groups is 9. The molecule has 0 aromatic heterocycles. The van der Waals surface area contributed by atoms with E-state index in [0.29, 0.717) is 64.0 Å². The highest BCUT2D eigenvalue weighted by Crippen LogP contribution is 2.35. The third-order valence-electron chi connectivity index (χ3n) is 17.5. The second kappa shape index (κ2) is 46.7. The van der Waals surface area contributed by atoms with Crippen LogP contribution in [0.15, 0.2) is 297 Å². The lowest BCUT2D eigenvalue weighted by Crippen LogP contribution is -2.25. The molecule has 25 nitrogen and oxygen atoms in total. The number of esters is 2. The van der Waals surface area contributed by atoms with Crippen molar-refractivity contribution in [3.8, 4) is 56.4 Å². The van der Waals surface area contributed by atoms with E-state index < -0.39 is 40.4 Å². The Balaban J connectivity index is 0.000000211. The number of hydrogen-bond acceptors (Lipinski definition) is 18. The normalized spacial score (nSPS) is 10.5. The number of halogens is 2. The summed E-state index contributed by atoms with van der Waals surface area (Å²) < 4.78 is 25.1. The number of non-ortho nitro benzene ring substituents is 1. The molecule has 13 rings (SSSR count). The lowest BCUT2D eigenvalue weighted by molar-refractivity contribution is -0.384. The van der Waals surface area contributed by atoms with Gasteiger partial charge in [0, 0.05) is 104 Å². The predicted molar refractivity (Wildman–Crippen MR) is 488 cm³/mol. The lowest BCUT2D eigenvalue weighted by Gasteiger charge is -2.13. The van der Waals surface area contributed by atoms with Crippen molar-refractivity contribution in [3.63, 3.8) is 0 Å². The highest BCUT2D eigenvalue weighted by atomic mass is 35.5. The molecular weight excluding hydrogens is 1620 g/mol. The summed E-state index contributed by atoms with van der Waals surface area (Å²) in [4.78, 5) is 121. The van der Waals surface area contributed by atoms with E-state index in [1.165, 1.54) is 52.3 Å². The summed E-state index contributed by atoms with van der Waals surface area (Å²) in [7, 11) is 10.2. The van der Waals surface area contributed by atoms with Gasteiger partial charge in [0.15, 0.2) is 0 Å². The largest absolute Gasteiger partial charge is 0.508 e. The van der Waals surface area contributed by atoms with Crippen LogP contribution in [0.4, 0.5) is 37.1 Å². The van der Waals surface area contributed by atoms with Gasteiger partial charge in [0.05, 0.1) is 18.1 Å². The Bertz CT molecular complexity index is 6130. The van der Waals surface area contributed by atoms with Crippen molar-refractivity contribution in [2.45, 2.75) is 13.8 Å². The molecule has 0 aliphatic rings. The first-order valence-electron chi connectivity index (χ1n) is 38.1. The molecule has 27 heteroatoms. The van der Waals surface area contributed by atoms with Crippen molar-refractivity contribution in [1.29, 1.82) is 0 Å². The maximum atomic E-state index is 13.5. The number of anilines is 3. The van der Waals surface area contributed by atoms with Crippen molar-refractivity contribution in [1.82, 2.24) is 15.1 Å². The molecule has 5 amide bonds. The van der Waals surface area contributed by atoms with Crippen LogP contribution < -0.4 is 35.5 Å². The Morgan fingerprint density at radius 1 is 0.403 bits per heavy atom. The second-order valence-electron chi connectivity index (χ2n) is 27.0. The predicted octanol–water partition coefficient (Wildman–Crippen LogP) is 20.9. The van der Waals surface area contributed by atoms with E-state index >= 15 is 0 Å².